The van der Waals surface area contributed by atoms with Gasteiger partial charge in [-0.2, -0.15) is 0 Å². The average molecular weight is 240 g/mol. The second kappa shape index (κ2) is 4.92. The van der Waals surface area contributed by atoms with Gasteiger partial charge in [0.1, 0.15) is 17.3 Å². The highest BCUT2D eigenvalue weighted by Gasteiger charge is 2.10. The molecule has 3 heteroatoms. The van der Waals surface area contributed by atoms with Crippen LogP contribution < -0.4 is 10.5 Å². The Balaban J connectivity index is 2.39. The Kier molecular flexibility index (Phi) is 3.33. The SMILES string of the molecule is Cc1ccc(Oc2c(C)cccc2C(=N)N)cc1. The topological polar surface area (TPSA) is 59.1 Å². The van der Waals surface area contributed by atoms with Gasteiger partial charge in [-0.1, -0.05) is 29.8 Å². The van der Waals surface area contributed by atoms with Crippen LogP contribution in [0.3, 0.4) is 0 Å². The lowest BCUT2D eigenvalue weighted by atomic mass is 10.1. The molecule has 0 bridgehead atoms. The average Bonchev–Trinajstić information content (AvgIpc) is 2.34. The van der Waals surface area contributed by atoms with E-state index in [1.54, 1.807) is 6.07 Å². The third-order valence-electron chi connectivity index (χ3n) is 2.74. The molecular formula is C15H16N2O. The Morgan fingerprint density at radius 3 is 2.33 bits per heavy atom. The fourth-order valence-corrected chi connectivity index (χ4v) is 1.72. The van der Waals surface area contributed by atoms with Crippen LogP contribution >= 0.6 is 0 Å². The lowest BCUT2D eigenvalue weighted by molar-refractivity contribution is 0.477. The van der Waals surface area contributed by atoms with Gasteiger partial charge in [0.2, 0.25) is 0 Å². The minimum absolute atomic E-state index is 0.0146. The molecule has 2 aromatic rings. The number of ether oxygens (including phenoxy) is 1. The monoisotopic (exact) mass is 240 g/mol. The van der Waals surface area contributed by atoms with Gasteiger partial charge in [-0.15, -0.1) is 0 Å². The fourth-order valence-electron chi connectivity index (χ4n) is 1.72. The molecule has 0 spiro atoms. The van der Waals surface area contributed by atoms with Crippen LogP contribution in [0.1, 0.15) is 16.7 Å². The number of rotatable bonds is 3. The van der Waals surface area contributed by atoms with E-state index in [1.807, 2.05) is 50.2 Å². The lowest BCUT2D eigenvalue weighted by Gasteiger charge is -2.13. The molecule has 0 aliphatic rings. The van der Waals surface area contributed by atoms with Crippen molar-refractivity contribution in [3.63, 3.8) is 0 Å². The largest absolute Gasteiger partial charge is 0.456 e. The molecule has 0 amide bonds. The first kappa shape index (κ1) is 12.2. The van der Waals surface area contributed by atoms with E-state index < -0.39 is 0 Å². The molecule has 0 unspecified atom stereocenters. The highest BCUT2D eigenvalue weighted by atomic mass is 16.5. The molecule has 0 aliphatic carbocycles. The fraction of sp³-hybridized carbons (Fsp3) is 0.133. The van der Waals surface area contributed by atoms with Gasteiger partial charge in [-0.25, -0.2) is 0 Å². The van der Waals surface area contributed by atoms with E-state index in [9.17, 15) is 0 Å². The third-order valence-corrected chi connectivity index (χ3v) is 2.74. The second-order valence-corrected chi connectivity index (χ2v) is 4.28. The van der Waals surface area contributed by atoms with E-state index in [1.165, 1.54) is 5.56 Å². The number of hydrogen-bond acceptors (Lipinski definition) is 2. The number of aryl methyl sites for hydroxylation is 2. The molecule has 0 aliphatic heterocycles. The number of hydrogen-bond donors (Lipinski definition) is 2. The van der Waals surface area contributed by atoms with Crippen molar-refractivity contribution in [2.45, 2.75) is 13.8 Å². The molecule has 3 N–H and O–H groups in total. The van der Waals surface area contributed by atoms with E-state index in [0.717, 1.165) is 11.3 Å². The van der Waals surface area contributed by atoms with E-state index in [0.29, 0.717) is 11.3 Å². The summed E-state index contributed by atoms with van der Waals surface area (Å²) in [4.78, 5) is 0. The number of amidine groups is 1. The molecule has 0 aromatic heterocycles. The maximum atomic E-state index is 7.57. The van der Waals surface area contributed by atoms with Crippen LogP contribution in [0.25, 0.3) is 0 Å². The van der Waals surface area contributed by atoms with Crippen LogP contribution in [0.2, 0.25) is 0 Å². The smallest absolute Gasteiger partial charge is 0.141 e. The summed E-state index contributed by atoms with van der Waals surface area (Å²) in [5.74, 6) is 1.41. The van der Waals surface area contributed by atoms with Crippen molar-refractivity contribution in [1.82, 2.24) is 0 Å². The van der Waals surface area contributed by atoms with Crippen molar-refractivity contribution in [3.8, 4) is 11.5 Å². The van der Waals surface area contributed by atoms with Gasteiger partial charge in [-0.05, 0) is 37.6 Å². The van der Waals surface area contributed by atoms with Crippen LogP contribution in [-0.2, 0) is 0 Å². The summed E-state index contributed by atoms with van der Waals surface area (Å²) in [5.41, 5.74) is 8.33. The molecule has 2 aromatic carbocycles. The number of nitrogens with one attached hydrogen (secondary N) is 1. The van der Waals surface area contributed by atoms with E-state index in [-0.39, 0.29) is 5.84 Å². The van der Waals surface area contributed by atoms with Crippen LogP contribution in [0.4, 0.5) is 0 Å². The summed E-state index contributed by atoms with van der Waals surface area (Å²) in [7, 11) is 0. The maximum absolute atomic E-state index is 7.57. The van der Waals surface area contributed by atoms with Gasteiger partial charge in [0.05, 0.1) is 5.56 Å². The molecule has 0 radical (unpaired) electrons. The summed E-state index contributed by atoms with van der Waals surface area (Å²) >= 11 is 0. The summed E-state index contributed by atoms with van der Waals surface area (Å²) in [6, 6.07) is 13.4. The Bertz CT molecular complexity index is 574. The van der Waals surface area contributed by atoms with E-state index >= 15 is 0 Å². The van der Waals surface area contributed by atoms with Crippen molar-refractivity contribution in [3.05, 3.63) is 59.2 Å². The standard InChI is InChI=1S/C15H16N2O/c1-10-6-8-12(9-7-10)18-14-11(2)4-3-5-13(14)15(16)17/h3-9H,1-2H3,(H3,16,17). The molecule has 2 rings (SSSR count). The van der Waals surface area contributed by atoms with Crippen molar-refractivity contribution < 1.29 is 4.74 Å². The van der Waals surface area contributed by atoms with Gasteiger partial charge in [0, 0.05) is 0 Å². The maximum Gasteiger partial charge on any atom is 0.141 e. The predicted molar refractivity (Wildman–Crippen MR) is 73.4 cm³/mol. The molecule has 3 nitrogen and oxygen atoms in total. The zero-order chi connectivity index (χ0) is 13.1. The van der Waals surface area contributed by atoms with Crippen LogP contribution in [-0.4, -0.2) is 5.84 Å². The number of nitrogen functional groups attached to an aromatic ring is 1. The Hall–Kier alpha value is -2.29. The summed E-state index contributed by atoms with van der Waals surface area (Å²) in [6.45, 7) is 3.97. The van der Waals surface area contributed by atoms with Gasteiger partial charge in [-0.3, -0.25) is 5.41 Å². The second-order valence-electron chi connectivity index (χ2n) is 4.28. The highest BCUT2D eigenvalue weighted by molar-refractivity contribution is 5.98. The molecule has 92 valence electrons. The zero-order valence-corrected chi connectivity index (χ0v) is 10.5. The van der Waals surface area contributed by atoms with E-state index in [4.69, 9.17) is 15.9 Å². The Labute approximate surface area is 107 Å². The van der Waals surface area contributed by atoms with E-state index in [2.05, 4.69) is 0 Å². The normalized spacial score (nSPS) is 10.1. The Morgan fingerprint density at radius 2 is 1.72 bits per heavy atom. The van der Waals surface area contributed by atoms with Crippen LogP contribution in [0.5, 0.6) is 11.5 Å². The molecular weight excluding hydrogens is 224 g/mol. The van der Waals surface area contributed by atoms with Crippen LogP contribution in [0, 0.1) is 19.3 Å². The zero-order valence-electron chi connectivity index (χ0n) is 10.5. The molecule has 0 saturated heterocycles. The quantitative estimate of drug-likeness (QED) is 0.638. The van der Waals surface area contributed by atoms with Gasteiger partial charge >= 0.3 is 0 Å². The molecule has 0 fully saturated rings. The highest BCUT2D eigenvalue weighted by Crippen LogP contribution is 2.28. The number of nitrogens with two attached hydrogens (primary N) is 1. The van der Waals surface area contributed by atoms with Crippen molar-refractivity contribution >= 4 is 5.84 Å². The number of para-hydroxylation sites is 1. The molecule has 0 saturated carbocycles. The molecule has 0 atom stereocenters. The van der Waals surface area contributed by atoms with Crippen LogP contribution in [0.15, 0.2) is 42.5 Å². The molecule has 0 heterocycles. The third kappa shape index (κ3) is 2.51. The first-order valence-corrected chi connectivity index (χ1v) is 5.76. The van der Waals surface area contributed by atoms with Gasteiger partial charge in [0.15, 0.2) is 0 Å². The summed E-state index contributed by atoms with van der Waals surface area (Å²) in [6.07, 6.45) is 0. The minimum atomic E-state index is 0.0146. The van der Waals surface area contributed by atoms with Gasteiger partial charge in [0.25, 0.3) is 0 Å². The molecule has 18 heavy (non-hydrogen) atoms. The van der Waals surface area contributed by atoms with Gasteiger partial charge < -0.3 is 10.5 Å². The lowest BCUT2D eigenvalue weighted by Crippen LogP contribution is -2.12. The summed E-state index contributed by atoms with van der Waals surface area (Å²) < 4.78 is 5.84. The van der Waals surface area contributed by atoms with Crippen molar-refractivity contribution in [2.75, 3.05) is 0 Å². The predicted octanol–water partition coefficient (Wildman–Crippen LogP) is 3.38. The summed E-state index contributed by atoms with van der Waals surface area (Å²) in [5, 5.41) is 7.57. The minimum Gasteiger partial charge on any atom is -0.456 e. The van der Waals surface area contributed by atoms with Crippen molar-refractivity contribution in [2.24, 2.45) is 5.73 Å². The Morgan fingerprint density at radius 1 is 1.06 bits per heavy atom. The first-order valence-electron chi connectivity index (χ1n) is 5.76. The first-order chi connectivity index (χ1) is 8.58. The van der Waals surface area contributed by atoms with Crippen molar-refractivity contribution in [1.29, 1.82) is 5.41 Å². The number of benzene rings is 2.